The van der Waals surface area contributed by atoms with Crippen LogP contribution in [-0.4, -0.2) is 31.9 Å². The van der Waals surface area contributed by atoms with Gasteiger partial charge < -0.3 is 13.8 Å². The van der Waals surface area contributed by atoms with E-state index in [2.05, 4.69) is 0 Å². The summed E-state index contributed by atoms with van der Waals surface area (Å²) in [4.78, 5) is 10.2. The van der Waals surface area contributed by atoms with Crippen molar-refractivity contribution in [3.8, 4) is 16.9 Å². The topological polar surface area (TPSA) is 141 Å². The molecule has 0 radical (unpaired) electrons. The summed E-state index contributed by atoms with van der Waals surface area (Å²) in [6, 6.07) is 7.38. The van der Waals surface area contributed by atoms with Crippen LogP contribution in [0.4, 0.5) is 0 Å². The van der Waals surface area contributed by atoms with Crippen LogP contribution in [0, 0.1) is 6.92 Å². The monoisotopic (exact) mass is 444 g/mol. The number of esters is 1. The van der Waals surface area contributed by atoms with Gasteiger partial charge in [-0.25, -0.2) is 16.8 Å². The molecule has 2 aromatic rings. The predicted molar refractivity (Wildman–Crippen MR) is 88.5 cm³/mol. The molecule has 0 fully saturated rings. The summed E-state index contributed by atoms with van der Waals surface area (Å²) >= 11 is 0. The zero-order chi connectivity index (χ0) is 19.7. The summed E-state index contributed by atoms with van der Waals surface area (Å²) in [5.74, 6) is -1.14. The van der Waals surface area contributed by atoms with E-state index in [9.17, 15) is 30.7 Å². The van der Waals surface area contributed by atoms with Crippen LogP contribution in [-0.2, 0) is 25.0 Å². The molecule has 8 nitrogen and oxygen atoms in total. The number of aryl methyl sites for hydroxylation is 1. The van der Waals surface area contributed by atoms with Gasteiger partial charge in [0.05, 0.1) is 9.79 Å². The standard InChI is InChI=1S/C16H16O8S2.2Na/c1-3-16(17)24-13-7-6-12(9-15(13)26(21,22)23)11-5-4-10(2)14(8-11)25(18,19)20;;/h4-9H,3H2,1-2H3,(H,18,19,20)(H,21,22,23);;/q;2*+1/p-2. The van der Waals surface area contributed by atoms with E-state index in [4.69, 9.17) is 4.74 Å². The molecule has 0 aliphatic heterocycles. The van der Waals surface area contributed by atoms with Crippen LogP contribution in [0.5, 0.6) is 5.75 Å². The molecule has 0 N–H and O–H groups in total. The van der Waals surface area contributed by atoms with Crippen LogP contribution in [0.15, 0.2) is 46.2 Å². The van der Waals surface area contributed by atoms with Crippen LogP contribution in [0.2, 0.25) is 0 Å². The first-order chi connectivity index (χ1) is 11.9. The van der Waals surface area contributed by atoms with Crippen molar-refractivity contribution in [2.24, 2.45) is 0 Å². The van der Waals surface area contributed by atoms with Crippen LogP contribution in [0.25, 0.3) is 11.1 Å². The third-order valence-electron chi connectivity index (χ3n) is 3.52. The fourth-order valence-electron chi connectivity index (χ4n) is 2.21. The number of hydrogen-bond donors (Lipinski definition) is 0. The summed E-state index contributed by atoms with van der Waals surface area (Å²) in [7, 11) is -9.70. The first kappa shape index (κ1) is 27.7. The molecular weight excluding hydrogens is 430 g/mol. The number of ether oxygens (including phenoxy) is 1. The molecule has 0 saturated carbocycles. The molecule has 2 aromatic carbocycles. The molecule has 0 bridgehead atoms. The second-order valence-electron chi connectivity index (χ2n) is 5.38. The Morgan fingerprint density at radius 1 is 0.893 bits per heavy atom. The molecule has 0 amide bonds. The van der Waals surface area contributed by atoms with E-state index in [1.54, 1.807) is 0 Å². The molecule has 0 aromatic heterocycles. The Kier molecular flexibility index (Phi) is 10.6. The van der Waals surface area contributed by atoms with Crippen molar-refractivity contribution in [3.63, 3.8) is 0 Å². The molecular formula is C16H14Na2O8S2. The third kappa shape index (κ3) is 6.91. The maximum Gasteiger partial charge on any atom is 1.00 e. The van der Waals surface area contributed by atoms with E-state index in [-0.39, 0.29) is 82.2 Å². The minimum Gasteiger partial charge on any atom is -0.744 e. The Morgan fingerprint density at radius 3 is 1.82 bits per heavy atom. The second kappa shape index (κ2) is 10.7. The summed E-state index contributed by atoms with van der Waals surface area (Å²) in [6.45, 7) is 2.94. The molecule has 12 heteroatoms. The maximum absolute atomic E-state index is 11.5. The van der Waals surface area contributed by atoms with Gasteiger partial charge in [0.1, 0.15) is 26.0 Å². The van der Waals surface area contributed by atoms with Crippen LogP contribution in [0.1, 0.15) is 18.9 Å². The Hall–Kier alpha value is -0.270. The van der Waals surface area contributed by atoms with Gasteiger partial charge in [0.2, 0.25) is 0 Å². The third-order valence-corrected chi connectivity index (χ3v) is 5.35. The van der Waals surface area contributed by atoms with Crippen LogP contribution in [0.3, 0.4) is 0 Å². The molecule has 0 atom stereocenters. The van der Waals surface area contributed by atoms with Crippen LogP contribution < -0.4 is 63.9 Å². The Morgan fingerprint density at radius 2 is 1.36 bits per heavy atom. The van der Waals surface area contributed by atoms with Crippen molar-refractivity contribution in [1.29, 1.82) is 0 Å². The SMILES string of the molecule is CCC(=O)Oc1ccc(-c2ccc(C)c(S(=O)(=O)[O-])c2)cc1S(=O)(=O)[O-].[Na+].[Na+]. The van der Waals surface area contributed by atoms with Gasteiger partial charge in [-0.3, -0.25) is 4.79 Å². The molecule has 0 aliphatic carbocycles. The summed E-state index contributed by atoms with van der Waals surface area (Å²) < 4.78 is 73.3. The zero-order valence-electron chi connectivity index (χ0n) is 15.8. The molecule has 0 saturated heterocycles. The number of carbonyl (C=O) groups excluding carboxylic acids is 1. The summed E-state index contributed by atoms with van der Waals surface area (Å²) in [5.41, 5.74) is 0.609. The predicted octanol–water partition coefficient (Wildman–Crippen LogP) is -4.21. The van der Waals surface area contributed by atoms with Crippen molar-refractivity contribution in [1.82, 2.24) is 0 Å². The van der Waals surface area contributed by atoms with Gasteiger partial charge in [-0.15, -0.1) is 0 Å². The van der Waals surface area contributed by atoms with Gasteiger partial charge in [0, 0.05) is 6.42 Å². The smallest absolute Gasteiger partial charge is 0.744 e. The average Bonchev–Trinajstić information content (AvgIpc) is 2.53. The Labute approximate surface area is 207 Å². The van der Waals surface area contributed by atoms with Gasteiger partial charge in [-0.2, -0.15) is 0 Å². The minimum atomic E-state index is -4.97. The van der Waals surface area contributed by atoms with Gasteiger partial charge in [-0.1, -0.05) is 25.1 Å². The first-order valence-corrected chi connectivity index (χ1v) is 10.1. The molecule has 0 spiro atoms. The average molecular weight is 444 g/mol. The quantitative estimate of drug-likeness (QED) is 0.196. The normalized spacial score (nSPS) is 11.1. The minimum absolute atomic E-state index is 0. The molecule has 0 aliphatic rings. The molecule has 0 unspecified atom stereocenters. The van der Waals surface area contributed by atoms with Crippen molar-refractivity contribution < 1.29 is 94.6 Å². The maximum atomic E-state index is 11.5. The Bertz CT molecular complexity index is 1080. The van der Waals surface area contributed by atoms with Gasteiger partial charge in [0.15, 0.2) is 0 Å². The van der Waals surface area contributed by atoms with Gasteiger partial charge in [0.25, 0.3) is 0 Å². The molecule has 140 valence electrons. The van der Waals surface area contributed by atoms with E-state index < -0.39 is 41.7 Å². The van der Waals surface area contributed by atoms with Crippen molar-refractivity contribution >= 4 is 26.2 Å². The van der Waals surface area contributed by atoms with Crippen molar-refractivity contribution in [3.05, 3.63) is 42.0 Å². The van der Waals surface area contributed by atoms with Crippen molar-refractivity contribution in [2.75, 3.05) is 0 Å². The fourth-order valence-corrected chi connectivity index (χ4v) is 3.57. The van der Waals surface area contributed by atoms with E-state index in [0.29, 0.717) is 0 Å². The van der Waals surface area contributed by atoms with E-state index >= 15 is 0 Å². The fraction of sp³-hybridized carbons (Fsp3) is 0.188. The first-order valence-electron chi connectivity index (χ1n) is 7.31. The largest absolute Gasteiger partial charge is 1.00 e. The summed E-state index contributed by atoms with van der Waals surface area (Å²) in [6.07, 6.45) is -0.0250. The van der Waals surface area contributed by atoms with E-state index in [1.165, 1.54) is 32.0 Å². The zero-order valence-corrected chi connectivity index (χ0v) is 21.4. The number of benzene rings is 2. The van der Waals surface area contributed by atoms with Gasteiger partial charge >= 0.3 is 65.1 Å². The van der Waals surface area contributed by atoms with E-state index in [1.807, 2.05) is 0 Å². The molecule has 2 rings (SSSR count). The van der Waals surface area contributed by atoms with E-state index in [0.717, 1.165) is 18.2 Å². The number of hydrogen-bond acceptors (Lipinski definition) is 8. The van der Waals surface area contributed by atoms with Gasteiger partial charge in [-0.05, 0) is 41.8 Å². The molecule has 0 heterocycles. The van der Waals surface area contributed by atoms with Crippen molar-refractivity contribution in [2.45, 2.75) is 30.1 Å². The second-order valence-corrected chi connectivity index (χ2v) is 8.07. The van der Waals surface area contributed by atoms with Crippen LogP contribution >= 0.6 is 0 Å². The number of carbonyl (C=O) groups is 1. The molecule has 28 heavy (non-hydrogen) atoms. The Balaban J connectivity index is 0.00000364. The number of rotatable bonds is 5. The summed E-state index contributed by atoms with van der Waals surface area (Å²) in [5, 5.41) is 0.